The molecule has 2 unspecified atom stereocenters. The Morgan fingerprint density at radius 1 is 1.20 bits per heavy atom. The number of carbonyl (C=O) groups excluding carboxylic acids is 1. The Morgan fingerprint density at radius 2 is 1.96 bits per heavy atom. The summed E-state index contributed by atoms with van der Waals surface area (Å²) in [7, 11) is 0. The third kappa shape index (κ3) is 2.88. The average Bonchev–Trinajstić information content (AvgIpc) is 2.90. The molecule has 0 aliphatic carbocycles. The Kier molecular flexibility index (Phi) is 3.74. The molecule has 7 heteroatoms. The summed E-state index contributed by atoms with van der Waals surface area (Å²) in [5, 5.41) is 0. The van der Waals surface area contributed by atoms with E-state index in [1.807, 2.05) is 4.90 Å². The second kappa shape index (κ2) is 5.82. The summed E-state index contributed by atoms with van der Waals surface area (Å²) < 4.78 is 37.9. The zero-order valence-corrected chi connectivity index (χ0v) is 13.3. The first-order chi connectivity index (χ1) is 11.9. The van der Waals surface area contributed by atoms with Crippen LogP contribution >= 0.6 is 0 Å². The first-order valence-electron chi connectivity index (χ1n) is 8.19. The molecule has 2 aliphatic heterocycles. The van der Waals surface area contributed by atoms with Gasteiger partial charge < -0.3 is 4.90 Å². The number of hydrogen-bond donors (Lipinski definition) is 0. The number of hydrogen-bond acceptors (Lipinski definition) is 3. The van der Waals surface area contributed by atoms with Crippen LogP contribution in [0.4, 0.5) is 13.2 Å². The molecule has 0 saturated carbocycles. The number of carbonyl (C=O) groups is 1. The standard InChI is InChI=1S/C18H16F3N3O/c19-18(20,21)12-3-1-11(2-4-12)7-17(25)24-13-5-6-16(24)14-9-22-10-23-15(14)8-13/h1-4,9-10,13,16H,5-8H2. The summed E-state index contributed by atoms with van der Waals surface area (Å²) >= 11 is 0. The normalized spacial score (nSPS) is 22.0. The first-order valence-corrected chi connectivity index (χ1v) is 8.19. The van der Waals surface area contributed by atoms with Crippen molar-refractivity contribution in [1.29, 1.82) is 0 Å². The van der Waals surface area contributed by atoms with Crippen LogP contribution in [0.1, 0.15) is 41.3 Å². The van der Waals surface area contributed by atoms with Gasteiger partial charge in [0.05, 0.1) is 23.7 Å². The molecular weight excluding hydrogens is 331 g/mol. The topological polar surface area (TPSA) is 46.1 Å². The van der Waals surface area contributed by atoms with Crippen LogP contribution in [0.5, 0.6) is 0 Å². The summed E-state index contributed by atoms with van der Waals surface area (Å²) in [6, 6.07) is 4.91. The lowest BCUT2D eigenvalue weighted by atomic mass is 9.98. The van der Waals surface area contributed by atoms with Crippen molar-refractivity contribution in [1.82, 2.24) is 14.9 Å². The predicted molar refractivity (Wildman–Crippen MR) is 83.5 cm³/mol. The molecule has 130 valence electrons. The number of rotatable bonds is 2. The molecule has 2 aliphatic rings. The second-order valence-corrected chi connectivity index (χ2v) is 6.55. The largest absolute Gasteiger partial charge is 0.416 e. The van der Waals surface area contributed by atoms with E-state index in [1.165, 1.54) is 18.5 Å². The van der Waals surface area contributed by atoms with Gasteiger partial charge in [-0.15, -0.1) is 0 Å². The molecule has 25 heavy (non-hydrogen) atoms. The predicted octanol–water partition coefficient (Wildman–Crippen LogP) is 3.33. The van der Waals surface area contributed by atoms with Gasteiger partial charge in [-0.3, -0.25) is 4.79 Å². The molecule has 0 N–H and O–H groups in total. The lowest BCUT2D eigenvalue weighted by molar-refractivity contribution is -0.137. The minimum atomic E-state index is -4.36. The van der Waals surface area contributed by atoms with E-state index in [1.54, 1.807) is 6.20 Å². The van der Waals surface area contributed by atoms with Crippen molar-refractivity contribution >= 4 is 5.91 Å². The molecule has 0 spiro atoms. The zero-order chi connectivity index (χ0) is 17.6. The maximum atomic E-state index is 12.8. The summed E-state index contributed by atoms with van der Waals surface area (Å²) in [6.07, 6.45) is 1.55. The summed E-state index contributed by atoms with van der Waals surface area (Å²) in [5.74, 6) is -0.0539. The molecule has 2 aromatic rings. The van der Waals surface area contributed by atoms with Crippen LogP contribution in [0.25, 0.3) is 0 Å². The van der Waals surface area contributed by atoms with Crippen molar-refractivity contribution in [3.8, 4) is 0 Å². The smallest absolute Gasteiger partial charge is 0.332 e. The van der Waals surface area contributed by atoms with Crippen LogP contribution in [0.2, 0.25) is 0 Å². The SMILES string of the molecule is O=C(Cc1ccc(C(F)(F)F)cc1)N1C2CCC1c1cncnc1C2. The van der Waals surface area contributed by atoms with Gasteiger partial charge in [-0.05, 0) is 30.5 Å². The van der Waals surface area contributed by atoms with E-state index in [9.17, 15) is 18.0 Å². The van der Waals surface area contributed by atoms with Crippen molar-refractivity contribution in [2.75, 3.05) is 0 Å². The van der Waals surface area contributed by atoms with Gasteiger partial charge in [0.2, 0.25) is 5.91 Å². The van der Waals surface area contributed by atoms with E-state index in [0.29, 0.717) is 12.0 Å². The van der Waals surface area contributed by atoms with Crippen molar-refractivity contribution in [2.24, 2.45) is 0 Å². The molecule has 3 heterocycles. The molecule has 2 atom stereocenters. The van der Waals surface area contributed by atoms with Gasteiger partial charge in [0.1, 0.15) is 6.33 Å². The highest BCUT2D eigenvalue weighted by Gasteiger charge is 2.43. The number of aromatic nitrogens is 2. The molecule has 1 aromatic heterocycles. The second-order valence-electron chi connectivity index (χ2n) is 6.55. The van der Waals surface area contributed by atoms with Gasteiger partial charge in [0.25, 0.3) is 0 Å². The molecule has 2 bridgehead atoms. The van der Waals surface area contributed by atoms with Crippen LogP contribution in [-0.2, 0) is 23.8 Å². The van der Waals surface area contributed by atoms with Crippen LogP contribution in [-0.4, -0.2) is 26.8 Å². The van der Waals surface area contributed by atoms with Crippen LogP contribution in [0.15, 0.2) is 36.8 Å². The quantitative estimate of drug-likeness (QED) is 0.837. The Labute approximate surface area is 142 Å². The number of benzene rings is 1. The highest BCUT2D eigenvalue weighted by Crippen LogP contribution is 2.43. The Morgan fingerprint density at radius 3 is 2.68 bits per heavy atom. The van der Waals surface area contributed by atoms with E-state index in [0.717, 1.165) is 36.2 Å². The minimum Gasteiger partial charge on any atom is -0.332 e. The number of alkyl halides is 3. The molecule has 1 amide bonds. The lowest BCUT2D eigenvalue weighted by Crippen LogP contribution is -2.43. The van der Waals surface area contributed by atoms with Gasteiger partial charge in [-0.1, -0.05) is 12.1 Å². The molecule has 1 aromatic carbocycles. The van der Waals surface area contributed by atoms with Crippen molar-refractivity contribution in [3.05, 3.63) is 59.2 Å². The van der Waals surface area contributed by atoms with Crippen LogP contribution in [0.3, 0.4) is 0 Å². The van der Waals surface area contributed by atoms with Gasteiger partial charge in [0, 0.05) is 24.2 Å². The highest BCUT2D eigenvalue weighted by atomic mass is 19.4. The van der Waals surface area contributed by atoms with E-state index in [-0.39, 0.29) is 24.4 Å². The fraction of sp³-hybridized carbons (Fsp3) is 0.389. The zero-order valence-electron chi connectivity index (χ0n) is 13.3. The number of halogens is 3. The lowest BCUT2D eigenvalue weighted by Gasteiger charge is -2.35. The maximum absolute atomic E-state index is 12.8. The molecule has 1 fully saturated rings. The minimum absolute atomic E-state index is 0.0168. The Hall–Kier alpha value is -2.44. The Balaban J connectivity index is 1.53. The Bertz CT molecular complexity index is 804. The van der Waals surface area contributed by atoms with Gasteiger partial charge in [-0.2, -0.15) is 13.2 Å². The number of fused-ring (bicyclic) bond motifs is 4. The van der Waals surface area contributed by atoms with Gasteiger partial charge in [0.15, 0.2) is 0 Å². The summed E-state index contributed by atoms with van der Waals surface area (Å²) in [5.41, 5.74) is 1.89. The fourth-order valence-electron chi connectivity index (χ4n) is 3.88. The summed E-state index contributed by atoms with van der Waals surface area (Å²) in [6.45, 7) is 0. The van der Waals surface area contributed by atoms with E-state index in [2.05, 4.69) is 9.97 Å². The average molecular weight is 347 g/mol. The first kappa shape index (κ1) is 16.1. The van der Waals surface area contributed by atoms with Crippen molar-refractivity contribution in [3.63, 3.8) is 0 Å². The van der Waals surface area contributed by atoms with E-state index < -0.39 is 11.7 Å². The van der Waals surface area contributed by atoms with Crippen LogP contribution in [0, 0.1) is 0 Å². The summed E-state index contributed by atoms with van der Waals surface area (Å²) in [4.78, 5) is 23.0. The maximum Gasteiger partial charge on any atom is 0.416 e. The molecule has 4 rings (SSSR count). The fourth-order valence-corrected chi connectivity index (χ4v) is 3.88. The van der Waals surface area contributed by atoms with E-state index in [4.69, 9.17) is 0 Å². The van der Waals surface area contributed by atoms with Crippen molar-refractivity contribution in [2.45, 2.75) is 43.9 Å². The monoisotopic (exact) mass is 347 g/mol. The number of nitrogens with zero attached hydrogens (tertiary/aromatic N) is 3. The molecule has 0 radical (unpaired) electrons. The molecule has 4 nitrogen and oxygen atoms in total. The van der Waals surface area contributed by atoms with Crippen molar-refractivity contribution < 1.29 is 18.0 Å². The van der Waals surface area contributed by atoms with Gasteiger partial charge in [-0.25, -0.2) is 9.97 Å². The van der Waals surface area contributed by atoms with Crippen LogP contribution < -0.4 is 0 Å². The third-order valence-electron chi connectivity index (χ3n) is 5.04. The molecular formula is C18H16F3N3O. The molecule has 1 saturated heterocycles. The number of amides is 1. The highest BCUT2D eigenvalue weighted by molar-refractivity contribution is 5.80. The van der Waals surface area contributed by atoms with Gasteiger partial charge >= 0.3 is 6.18 Å². The third-order valence-corrected chi connectivity index (χ3v) is 5.04. The van der Waals surface area contributed by atoms with E-state index >= 15 is 0 Å².